The molecule has 118 valence electrons. The Morgan fingerprint density at radius 3 is 2.52 bits per heavy atom. The van der Waals surface area contributed by atoms with Gasteiger partial charge in [0.1, 0.15) is 0 Å². The monoisotopic (exact) mass is 384 g/mol. The van der Waals surface area contributed by atoms with E-state index in [1.165, 1.54) is 16.2 Å². The number of nitrogens with one attached hydrogen (secondary N) is 2. The van der Waals surface area contributed by atoms with Crippen molar-refractivity contribution in [2.45, 2.75) is 6.54 Å². The Labute approximate surface area is 150 Å². The topological polar surface area (TPSA) is 66.9 Å². The van der Waals surface area contributed by atoms with E-state index in [0.717, 1.165) is 0 Å². The number of thiophene rings is 1. The summed E-state index contributed by atoms with van der Waals surface area (Å²) in [7, 11) is 0. The van der Waals surface area contributed by atoms with Crippen LogP contribution in [0.15, 0.2) is 35.7 Å². The fourth-order valence-corrected chi connectivity index (χ4v) is 3.64. The molecule has 0 atom stereocenters. The molecule has 0 spiro atoms. The summed E-state index contributed by atoms with van der Waals surface area (Å²) in [6, 6.07) is 8.91. The van der Waals surface area contributed by atoms with Gasteiger partial charge < -0.3 is 5.32 Å². The van der Waals surface area contributed by atoms with Gasteiger partial charge in [-0.25, -0.2) is 0 Å². The van der Waals surface area contributed by atoms with Gasteiger partial charge in [-0.05, 0) is 23.6 Å². The van der Waals surface area contributed by atoms with E-state index >= 15 is 0 Å². The molecule has 1 aromatic carbocycles. The highest BCUT2D eigenvalue weighted by Gasteiger charge is 2.16. The number of hydrogen-bond acceptors (Lipinski definition) is 6. The maximum atomic E-state index is 12.2. The zero-order valence-corrected chi connectivity index (χ0v) is 14.7. The molecule has 0 aliphatic carbocycles. The maximum absolute atomic E-state index is 12.2. The molecule has 2 aromatic heterocycles. The molecular formula is C14H10Cl2N4OS2. The Balaban J connectivity index is 1.65. The molecule has 3 aromatic rings. The molecule has 2 N–H and O–H groups in total. The van der Waals surface area contributed by atoms with Crippen molar-refractivity contribution in [1.82, 2.24) is 10.2 Å². The quantitative estimate of drug-likeness (QED) is 0.664. The Kier molecular flexibility index (Phi) is 5.12. The third kappa shape index (κ3) is 4.00. The van der Waals surface area contributed by atoms with Crippen molar-refractivity contribution in [3.63, 3.8) is 0 Å². The predicted octanol–water partition coefficient (Wildman–Crippen LogP) is 4.77. The number of carbonyl (C=O) groups excluding carboxylic acids is 1. The van der Waals surface area contributed by atoms with Gasteiger partial charge >= 0.3 is 0 Å². The van der Waals surface area contributed by atoms with Gasteiger partial charge in [-0.1, -0.05) is 46.7 Å². The SMILES string of the molecule is O=C(Nc1nnc(NCc2cccs2)s1)c1c(Cl)cccc1Cl. The second-order valence-corrected chi connectivity index (χ2v) is 7.22. The Morgan fingerprint density at radius 2 is 1.83 bits per heavy atom. The van der Waals surface area contributed by atoms with Crippen LogP contribution in [0, 0.1) is 0 Å². The normalized spacial score (nSPS) is 10.5. The van der Waals surface area contributed by atoms with Crippen LogP contribution in [-0.4, -0.2) is 16.1 Å². The molecular weight excluding hydrogens is 375 g/mol. The van der Waals surface area contributed by atoms with Gasteiger partial charge in [-0.15, -0.1) is 21.5 Å². The molecule has 0 aliphatic rings. The lowest BCUT2D eigenvalue weighted by atomic mass is 10.2. The van der Waals surface area contributed by atoms with Crippen LogP contribution in [0.5, 0.6) is 0 Å². The number of rotatable bonds is 5. The zero-order valence-electron chi connectivity index (χ0n) is 11.5. The fraction of sp³-hybridized carbons (Fsp3) is 0.0714. The minimum atomic E-state index is -0.415. The number of amides is 1. The summed E-state index contributed by atoms with van der Waals surface area (Å²) in [5.74, 6) is -0.415. The van der Waals surface area contributed by atoms with E-state index in [1.54, 1.807) is 29.5 Å². The van der Waals surface area contributed by atoms with Crippen LogP contribution in [-0.2, 0) is 6.54 Å². The van der Waals surface area contributed by atoms with Crippen molar-refractivity contribution >= 4 is 62.0 Å². The van der Waals surface area contributed by atoms with Crippen molar-refractivity contribution < 1.29 is 4.79 Å². The van der Waals surface area contributed by atoms with E-state index in [4.69, 9.17) is 23.2 Å². The maximum Gasteiger partial charge on any atom is 0.260 e. The van der Waals surface area contributed by atoms with Crippen molar-refractivity contribution in [1.29, 1.82) is 0 Å². The van der Waals surface area contributed by atoms with Crippen molar-refractivity contribution in [3.8, 4) is 0 Å². The lowest BCUT2D eigenvalue weighted by Gasteiger charge is -2.05. The summed E-state index contributed by atoms with van der Waals surface area (Å²) in [6.45, 7) is 0.663. The number of benzene rings is 1. The van der Waals surface area contributed by atoms with Gasteiger partial charge in [0.2, 0.25) is 10.3 Å². The van der Waals surface area contributed by atoms with Crippen LogP contribution in [0.25, 0.3) is 0 Å². The largest absolute Gasteiger partial charge is 0.355 e. The average molecular weight is 385 g/mol. The highest BCUT2D eigenvalue weighted by Crippen LogP contribution is 2.27. The number of carbonyl (C=O) groups is 1. The summed E-state index contributed by atoms with van der Waals surface area (Å²) < 4.78 is 0. The first-order valence-electron chi connectivity index (χ1n) is 6.48. The average Bonchev–Trinajstić information content (AvgIpc) is 3.16. The molecule has 23 heavy (non-hydrogen) atoms. The van der Waals surface area contributed by atoms with Crippen molar-refractivity contribution in [2.24, 2.45) is 0 Å². The van der Waals surface area contributed by atoms with Gasteiger partial charge in [-0.2, -0.15) is 0 Å². The van der Waals surface area contributed by atoms with Crippen LogP contribution in [0.4, 0.5) is 10.3 Å². The smallest absolute Gasteiger partial charge is 0.260 e. The summed E-state index contributed by atoms with van der Waals surface area (Å²) in [6.07, 6.45) is 0. The van der Waals surface area contributed by atoms with Crippen LogP contribution in [0.1, 0.15) is 15.2 Å². The van der Waals surface area contributed by atoms with Gasteiger partial charge in [0.15, 0.2) is 0 Å². The van der Waals surface area contributed by atoms with Gasteiger partial charge in [0.25, 0.3) is 5.91 Å². The Hall–Kier alpha value is -1.67. The Bertz CT molecular complexity index is 800. The molecule has 2 heterocycles. The van der Waals surface area contributed by atoms with E-state index in [1.807, 2.05) is 17.5 Å². The Morgan fingerprint density at radius 1 is 1.09 bits per heavy atom. The standard InChI is InChI=1S/C14H10Cl2N4OS2/c15-9-4-1-5-10(16)11(9)12(21)18-14-20-19-13(23-14)17-7-8-3-2-6-22-8/h1-6H,7H2,(H,17,19)(H,18,20,21). The van der Waals surface area contributed by atoms with E-state index < -0.39 is 5.91 Å². The number of halogens is 2. The summed E-state index contributed by atoms with van der Waals surface area (Å²) in [4.78, 5) is 13.4. The second kappa shape index (κ2) is 7.27. The number of hydrogen-bond donors (Lipinski definition) is 2. The third-order valence-electron chi connectivity index (χ3n) is 2.83. The lowest BCUT2D eigenvalue weighted by molar-refractivity contribution is 0.102. The molecule has 0 bridgehead atoms. The highest BCUT2D eigenvalue weighted by molar-refractivity contribution is 7.19. The molecule has 0 radical (unpaired) electrons. The first kappa shape index (κ1) is 16.2. The number of anilines is 2. The zero-order chi connectivity index (χ0) is 16.2. The molecule has 0 saturated carbocycles. The van der Waals surface area contributed by atoms with Gasteiger partial charge in [0.05, 0.1) is 22.2 Å². The molecule has 3 rings (SSSR count). The fourth-order valence-electron chi connectivity index (χ4n) is 1.80. The van der Waals surface area contributed by atoms with E-state index in [9.17, 15) is 4.79 Å². The molecule has 0 saturated heterocycles. The van der Waals surface area contributed by atoms with E-state index in [2.05, 4.69) is 20.8 Å². The molecule has 5 nitrogen and oxygen atoms in total. The molecule has 0 fully saturated rings. The van der Waals surface area contributed by atoms with Crippen LogP contribution in [0.2, 0.25) is 10.0 Å². The molecule has 0 unspecified atom stereocenters. The number of aromatic nitrogens is 2. The predicted molar refractivity (Wildman–Crippen MR) is 96.0 cm³/mol. The lowest BCUT2D eigenvalue weighted by Crippen LogP contribution is -2.12. The molecule has 9 heteroatoms. The van der Waals surface area contributed by atoms with Gasteiger partial charge in [-0.3, -0.25) is 10.1 Å². The summed E-state index contributed by atoms with van der Waals surface area (Å²) >= 11 is 14.9. The number of nitrogens with zero attached hydrogens (tertiary/aromatic N) is 2. The van der Waals surface area contributed by atoms with Crippen LogP contribution >= 0.6 is 45.9 Å². The molecule has 1 amide bonds. The summed E-state index contributed by atoms with van der Waals surface area (Å²) in [5, 5.41) is 17.3. The van der Waals surface area contributed by atoms with E-state index in [-0.39, 0.29) is 15.6 Å². The third-order valence-corrected chi connectivity index (χ3v) is 5.13. The first-order valence-corrected chi connectivity index (χ1v) is 8.94. The van der Waals surface area contributed by atoms with Crippen LogP contribution in [0.3, 0.4) is 0 Å². The van der Waals surface area contributed by atoms with Gasteiger partial charge in [0, 0.05) is 4.88 Å². The van der Waals surface area contributed by atoms with Crippen LogP contribution < -0.4 is 10.6 Å². The first-order chi connectivity index (χ1) is 11.1. The minimum absolute atomic E-state index is 0.221. The summed E-state index contributed by atoms with van der Waals surface area (Å²) in [5.41, 5.74) is 0.221. The second-order valence-electron chi connectivity index (χ2n) is 4.40. The van der Waals surface area contributed by atoms with E-state index in [0.29, 0.717) is 16.8 Å². The molecule has 0 aliphatic heterocycles. The highest BCUT2D eigenvalue weighted by atomic mass is 35.5. The van der Waals surface area contributed by atoms with Crippen molar-refractivity contribution in [3.05, 3.63) is 56.2 Å². The van der Waals surface area contributed by atoms with Crippen molar-refractivity contribution in [2.75, 3.05) is 10.6 Å². The minimum Gasteiger partial charge on any atom is -0.355 e.